The van der Waals surface area contributed by atoms with Crippen molar-refractivity contribution in [1.82, 2.24) is 5.32 Å². The van der Waals surface area contributed by atoms with Gasteiger partial charge in [-0.15, -0.1) is 0 Å². The van der Waals surface area contributed by atoms with Crippen molar-refractivity contribution < 1.29 is 32.5 Å². The number of halogens is 3. The van der Waals surface area contributed by atoms with E-state index in [4.69, 9.17) is 9.47 Å². The zero-order chi connectivity index (χ0) is 19.7. The first-order chi connectivity index (χ1) is 12.6. The van der Waals surface area contributed by atoms with Crippen LogP contribution in [-0.2, 0) is 11.8 Å². The van der Waals surface area contributed by atoms with Gasteiger partial charge in [-0.05, 0) is 42.8 Å². The van der Waals surface area contributed by atoms with Gasteiger partial charge in [0.2, 0.25) is 6.79 Å². The molecule has 1 aliphatic rings. The second-order valence-electron chi connectivity index (χ2n) is 6.23. The highest BCUT2D eigenvalue weighted by Crippen LogP contribution is 2.35. The molecule has 2 aromatic rings. The van der Waals surface area contributed by atoms with Crippen molar-refractivity contribution in [2.75, 3.05) is 18.7 Å². The fraction of sp³-hybridized carbons (Fsp3) is 0.278. The smallest absolute Gasteiger partial charge is 0.416 e. The summed E-state index contributed by atoms with van der Waals surface area (Å²) in [6.45, 7) is 1.42. The van der Waals surface area contributed by atoms with Crippen LogP contribution in [0.25, 0.3) is 0 Å². The average molecular weight is 382 g/mol. The topological polar surface area (TPSA) is 79.8 Å². The molecule has 2 aromatic carbocycles. The molecule has 144 valence electrons. The number of urea groups is 1. The third-order valence-electron chi connectivity index (χ3n) is 4.04. The summed E-state index contributed by atoms with van der Waals surface area (Å²) in [7, 11) is 0. The molecule has 0 spiro atoms. The second kappa shape index (κ2) is 6.99. The molecule has 1 atom stereocenters. The quantitative estimate of drug-likeness (QED) is 0.757. The second-order valence-corrected chi connectivity index (χ2v) is 6.23. The number of alkyl halides is 3. The molecule has 0 saturated carbocycles. The van der Waals surface area contributed by atoms with E-state index in [9.17, 15) is 23.1 Å². The SMILES string of the molecule is CC(O)(CNC(=O)Nc1cccc(C(F)(F)F)c1)c1ccc2c(c1)OCO2. The Morgan fingerprint density at radius 3 is 2.59 bits per heavy atom. The minimum atomic E-state index is -4.50. The van der Waals surface area contributed by atoms with E-state index < -0.39 is 23.4 Å². The van der Waals surface area contributed by atoms with Crippen LogP contribution in [0.3, 0.4) is 0 Å². The number of benzene rings is 2. The van der Waals surface area contributed by atoms with Crippen molar-refractivity contribution in [3.63, 3.8) is 0 Å². The predicted molar refractivity (Wildman–Crippen MR) is 90.6 cm³/mol. The predicted octanol–water partition coefficient (Wildman–Crippen LogP) is 3.46. The van der Waals surface area contributed by atoms with Gasteiger partial charge in [-0.2, -0.15) is 13.2 Å². The Balaban J connectivity index is 1.61. The Morgan fingerprint density at radius 2 is 1.85 bits per heavy atom. The molecule has 9 heteroatoms. The number of anilines is 1. The van der Waals surface area contributed by atoms with Crippen LogP contribution in [0.5, 0.6) is 11.5 Å². The van der Waals surface area contributed by atoms with E-state index >= 15 is 0 Å². The lowest BCUT2D eigenvalue weighted by Gasteiger charge is -2.24. The molecule has 1 aliphatic heterocycles. The molecule has 2 amide bonds. The lowest BCUT2D eigenvalue weighted by molar-refractivity contribution is -0.137. The summed E-state index contributed by atoms with van der Waals surface area (Å²) in [5, 5.41) is 15.4. The fourth-order valence-corrected chi connectivity index (χ4v) is 2.53. The number of hydrogen-bond acceptors (Lipinski definition) is 4. The number of rotatable bonds is 4. The van der Waals surface area contributed by atoms with Crippen LogP contribution in [0.4, 0.5) is 23.7 Å². The number of amides is 2. The number of aliphatic hydroxyl groups is 1. The Kier molecular flexibility index (Phi) is 4.88. The van der Waals surface area contributed by atoms with Crippen molar-refractivity contribution in [3.8, 4) is 11.5 Å². The lowest BCUT2D eigenvalue weighted by Crippen LogP contribution is -2.40. The summed E-state index contributed by atoms with van der Waals surface area (Å²) in [5.41, 5.74) is -1.81. The van der Waals surface area contributed by atoms with Gasteiger partial charge < -0.3 is 25.2 Å². The first-order valence-electron chi connectivity index (χ1n) is 8.00. The van der Waals surface area contributed by atoms with Crippen LogP contribution in [-0.4, -0.2) is 24.5 Å². The van der Waals surface area contributed by atoms with Gasteiger partial charge in [-0.3, -0.25) is 0 Å². The van der Waals surface area contributed by atoms with Crippen LogP contribution in [0.1, 0.15) is 18.1 Å². The molecule has 0 aliphatic carbocycles. The first-order valence-corrected chi connectivity index (χ1v) is 8.00. The standard InChI is InChI=1S/C18H17F3N2O4/c1-17(25,11-5-6-14-15(8-11)27-10-26-14)9-22-16(24)23-13-4-2-3-12(7-13)18(19,20)21/h2-8,25H,9-10H2,1H3,(H2,22,23,24). The third-order valence-corrected chi connectivity index (χ3v) is 4.04. The molecule has 0 aromatic heterocycles. The first kappa shape index (κ1) is 18.8. The van der Waals surface area contributed by atoms with Crippen molar-refractivity contribution in [2.24, 2.45) is 0 Å². The lowest BCUT2D eigenvalue weighted by atomic mass is 9.95. The molecule has 0 radical (unpaired) electrons. The van der Waals surface area contributed by atoms with Crippen LogP contribution < -0.4 is 20.1 Å². The summed E-state index contributed by atoms with van der Waals surface area (Å²) >= 11 is 0. The van der Waals surface area contributed by atoms with E-state index in [-0.39, 0.29) is 19.0 Å². The van der Waals surface area contributed by atoms with Gasteiger partial charge in [0.25, 0.3) is 0 Å². The summed E-state index contributed by atoms with van der Waals surface area (Å²) in [4.78, 5) is 12.0. The van der Waals surface area contributed by atoms with E-state index in [1.54, 1.807) is 18.2 Å². The molecule has 27 heavy (non-hydrogen) atoms. The molecular weight excluding hydrogens is 365 g/mol. The fourth-order valence-electron chi connectivity index (χ4n) is 2.53. The molecule has 3 rings (SSSR count). The van der Waals surface area contributed by atoms with Crippen molar-refractivity contribution in [3.05, 3.63) is 53.6 Å². The maximum atomic E-state index is 12.7. The largest absolute Gasteiger partial charge is 0.454 e. The van der Waals surface area contributed by atoms with Gasteiger partial charge in [0.1, 0.15) is 5.60 Å². The highest BCUT2D eigenvalue weighted by atomic mass is 19.4. The number of carbonyl (C=O) groups is 1. The number of carbonyl (C=O) groups excluding carboxylic acids is 1. The van der Waals surface area contributed by atoms with Gasteiger partial charge in [-0.1, -0.05) is 12.1 Å². The zero-order valence-electron chi connectivity index (χ0n) is 14.3. The van der Waals surface area contributed by atoms with Crippen molar-refractivity contribution in [1.29, 1.82) is 0 Å². The average Bonchev–Trinajstić information content (AvgIpc) is 3.07. The molecular formula is C18H17F3N2O4. The Labute approximate surface area is 152 Å². The maximum Gasteiger partial charge on any atom is 0.416 e. The molecule has 1 unspecified atom stereocenters. The summed E-state index contributed by atoms with van der Waals surface area (Å²) < 4.78 is 48.6. The van der Waals surface area contributed by atoms with Gasteiger partial charge in [0.05, 0.1) is 12.1 Å². The van der Waals surface area contributed by atoms with Gasteiger partial charge in [-0.25, -0.2) is 4.79 Å². The van der Waals surface area contributed by atoms with E-state index in [2.05, 4.69) is 10.6 Å². The van der Waals surface area contributed by atoms with Crippen LogP contribution in [0, 0.1) is 0 Å². The van der Waals surface area contributed by atoms with Crippen molar-refractivity contribution >= 4 is 11.7 Å². The summed E-state index contributed by atoms with van der Waals surface area (Å²) in [6.07, 6.45) is -4.50. The van der Waals surface area contributed by atoms with Crippen LogP contribution in [0.15, 0.2) is 42.5 Å². The van der Waals surface area contributed by atoms with E-state index in [0.717, 1.165) is 12.1 Å². The van der Waals surface area contributed by atoms with Crippen LogP contribution >= 0.6 is 0 Å². The molecule has 0 bridgehead atoms. The molecule has 1 heterocycles. The highest BCUT2D eigenvalue weighted by molar-refractivity contribution is 5.89. The molecule has 0 saturated heterocycles. The van der Waals surface area contributed by atoms with Crippen molar-refractivity contribution in [2.45, 2.75) is 18.7 Å². The molecule has 6 nitrogen and oxygen atoms in total. The van der Waals surface area contributed by atoms with Gasteiger partial charge in [0, 0.05) is 5.69 Å². The van der Waals surface area contributed by atoms with Gasteiger partial charge in [0.15, 0.2) is 11.5 Å². The van der Waals surface area contributed by atoms with E-state index in [0.29, 0.717) is 17.1 Å². The summed E-state index contributed by atoms with van der Waals surface area (Å²) in [6, 6.07) is 8.42. The zero-order valence-corrected chi connectivity index (χ0v) is 14.3. The van der Waals surface area contributed by atoms with E-state index in [1.807, 2.05) is 0 Å². The van der Waals surface area contributed by atoms with E-state index in [1.165, 1.54) is 19.1 Å². The maximum absolute atomic E-state index is 12.7. The van der Waals surface area contributed by atoms with Gasteiger partial charge >= 0.3 is 12.2 Å². The number of ether oxygens (including phenoxy) is 2. The molecule has 0 fully saturated rings. The Bertz CT molecular complexity index is 853. The minimum absolute atomic E-state index is 0.00922. The Morgan fingerprint density at radius 1 is 1.11 bits per heavy atom. The molecule has 3 N–H and O–H groups in total. The third kappa shape index (κ3) is 4.43. The minimum Gasteiger partial charge on any atom is -0.454 e. The number of hydrogen-bond donors (Lipinski definition) is 3. The van der Waals surface area contributed by atoms with Crippen LogP contribution in [0.2, 0.25) is 0 Å². The normalized spacial score (nSPS) is 15.1. The number of nitrogens with one attached hydrogen (secondary N) is 2. The monoisotopic (exact) mass is 382 g/mol. The number of fused-ring (bicyclic) bond motifs is 1. The summed E-state index contributed by atoms with van der Waals surface area (Å²) in [5.74, 6) is 1.05. The Hall–Kier alpha value is -2.94. The highest BCUT2D eigenvalue weighted by Gasteiger charge is 2.30.